The average Bonchev–Trinajstić information content (AvgIpc) is 3.11. The molecular formula is C16H17NO4S2. The highest BCUT2D eigenvalue weighted by atomic mass is 32.2. The molecule has 3 rings (SSSR count). The minimum Gasteiger partial charge on any atom is -0.493 e. The fraction of sp³-hybridized carbons (Fsp3) is 0.375. The molecule has 2 heterocycles. The van der Waals surface area contributed by atoms with E-state index >= 15 is 0 Å². The van der Waals surface area contributed by atoms with E-state index < -0.39 is 0 Å². The topological polar surface area (TPSA) is 48.0 Å². The highest BCUT2D eigenvalue weighted by Gasteiger charge is 2.31. The summed E-state index contributed by atoms with van der Waals surface area (Å²) in [6.45, 7) is 2.93. The third-order valence-electron chi connectivity index (χ3n) is 3.59. The zero-order chi connectivity index (χ0) is 16.4. The first-order valence-electron chi connectivity index (χ1n) is 7.37. The fourth-order valence-electron chi connectivity index (χ4n) is 2.39. The van der Waals surface area contributed by atoms with Crippen molar-refractivity contribution < 1.29 is 19.0 Å². The van der Waals surface area contributed by atoms with Crippen LogP contribution in [0.25, 0.3) is 6.08 Å². The molecule has 1 aromatic rings. The maximum Gasteiger partial charge on any atom is 0.266 e. The summed E-state index contributed by atoms with van der Waals surface area (Å²) in [6, 6.07) is 3.66. The number of hydrogen-bond acceptors (Lipinski definition) is 6. The highest BCUT2D eigenvalue weighted by Crippen LogP contribution is 2.43. The molecule has 2 aliphatic heterocycles. The van der Waals surface area contributed by atoms with Crippen LogP contribution < -0.4 is 14.2 Å². The van der Waals surface area contributed by atoms with Crippen LogP contribution in [0, 0.1) is 0 Å². The molecule has 1 aromatic carbocycles. The second-order valence-corrected chi connectivity index (χ2v) is 6.82. The van der Waals surface area contributed by atoms with Gasteiger partial charge in [-0.25, -0.2) is 0 Å². The number of hydrogen-bond donors (Lipinski definition) is 0. The second-order valence-electron chi connectivity index (χ2n) is 5.14. The van der Waals surface area contributed by atoms with E-state index in [-0.39, 0.29) is 12.7 Å². The van der Waals surface area contributed by atoms with Gasteiger partial charge < -0.3 is 14.2 Å². The summed E-state index contributed by atoms with van der Waals surface area (Å²) >= 11 is 6.64. The first kappa shape index (κ1) is 16.1. The number of unbranched alkanes of at least 4 members (excludes halogenated alkanes) is 1. The molecule has 0 radical (unpaired) electrons. The molecule has 23 heavy (non-hydrogen) atoms. The van der Waals surface area contributed by atoms with E-state index in [4.69, 9.17) is 26.4 Å². The van der Waals surface area contributed by atoms with Crippen molar-refractivity contribution in [3.8, 4) is 17.2 Å². The van der Waals surface area contributed by atoms with Crippen molar-refractivity contribution in [3.05, 3.63) is 22.6 Å². The maximum absolute atomic E-state index is 12.5. The lowest BCUT2D eigenvalue weighted by Gasteiger charge is -2.13. The van der Waals surface area contributed by atoms with Crippen molar-refractivity contribution >= 4 is 40.3 Å². The van der Waals surface area contributed by atoms with Gasteiger partial charge in [0.15, 0.2) is 11.5 Å². The monoisotopic (exact) mass is 351 g/mol. The molecule has 0 unspecified atom stereocenters. The summed E-state index contributed by atoms with van der Waals surface area (Å²) in [4.78, 5) is 14.8. The Balaban J connectivity index is 1.87. The van der Waals surface area contributed by atoms with E-state index in [1.54, 1.807) is 12.0 Å². The third kappa shape index (κ3) is 3.16. The van der Waals surface area contributed by atoms with Crippen LogP contribution >= 0.6 is 24.0 Å². The van der Waals surface area contributed by atoms with E-state index in [1.807, 2.05) is 18.2 Å². The van der Waals surface area contributed by atoms with Gasteiger partial charge in [-0.15, -0.1) is 0 Å². The maximum atomic E-state index is 12.5. The van der Waals surface area contributed by atoms with E-state index in [0.29, 0.717) is 33.0 Å². The van der Waals surface area contributed by atoms with Crippen molar-refractivity contribution in [3.63, 3.8) is 0 Å². The van der Waals surface area contributed by atoms with Crippen molar-refractivity contribution in [2.45, 2.75) is 19.8 Å². The van der Waals surface area contributed by atoms with Crippen LogP contribution in [0.3, 0.4) is 0 Å². The van der Waals surface area contributed by atoms with Gasteiger partial charge >= 0.3 is 0 Å². The molecule has 0 bridgehead atoms. The molecule has 2 aliphatic rings. The predicted octanol–water partition coefficient (Wildman–Crippen LogP) is 3.43. The van der Waals surface area contributed by atoms with Gasteiger partial charge in [0, 0.05) is 6.54 Å². The smallest absolute Gasteiger partial charge is 0.266 e. The molecular weight excluding hydrogens is 334 g/mol. The lowest BCUT2D eigenvalue weighted by atomic mass is 10.1. The average molecular weight is 351 g/mol. The van der Waals surface area contributed by atoms with Gasteiger partial charge in [-0.2, -0.15) is 0 Å². The summed E-state index contributed by atoms with van der Waals surface area (Å²) in [5, 5.41) is 0. The van der Waals surface area contributed by atoms with Gasteiger partial charge in [-0.1, -0.05) is 37.3 Å². The number of rotatable bonds is 5. The Kier molecular flexibility index (Phi) is 4.77. The van der Waals surface area contributed by atoms with Crippen LogP contribution in [0.4, 0.5) is 0 Å². The molecule has 0 spiro atoms. The normalized spacial score (nSPS) is 18.2. The minimum atomic E-state index is -0.0370. The Morgan fingerprint density at radius 3 is 3.00 bits per heavy atom. The van der Waals surface area contributed by atoms with E-state index in [2.05, 4.69) is 6.92 Å². The number of thiocarbonyl (C=S) groups is 1. The van der Waals surface area contributed by atoms with Gasteiger partial charge in [0.1, 0.15) is 4.32 Å². The van der Waals surface area contributed by atoms with E-state index in [0.717, 1.165) is 18.4 Å². The largest absolute Gasteiger partial charge is 0.493 e. The number of methoxy groups -OCH3 is 1. The first-order chi connectivity index (χ1) is 11.1. The molecule has 0 aliphatic carbocycles. The number of thioether (sulfide) groups is 1. The summed E-state index contributed by atoms with van der Waals surface area (Å²) in [6.07, 6.45) is 3.78. The second kappa shape index (κ2) is 6.80. The molecule has 0 N–H and O–H groups in total. The summed E-state index contributed by atoms with van der Waals surface area (Å²) in [5.74, 6) is 1.77. The third-order valence-corrected chi connectivity index (χ3v) is 4.97. The first-order valence-corrected chi connectivity index (χ1v) is 8.59. The van der Waals surface area contributed by atoms with Gasteiger partial charge in [0.2, 0.25) is 12.5 Å². The number of benzene rings is 1. The quantitative estimate of drug-likeness (QED) is 0.598. The van der Waals surface area contributed by atoms with Crippen LogP contribution in [-0.2, 0) is 4.79 Å². The lowest BCUT2D eigenvalue weighted by Crippen LogP contribution is -2.28. The van der Waals surface area contributed by atoms with Crippen LogP contribution in [0.2, 0.25) is 0 Å². The Labute approximate surface area is 144 Å². The molecule has 0 aromatic heterocycles. The molecule has 0 atom stereocenters. The van der Waals surface area contributed by atoms with Crippen molar-refractivity contribution in [1.29, 1.82) is 0 Å². The molecule has 122 valence electrons. The molecule has 7 heteroatoms. The summed E-state index contributed by atoms with van der Waals surface area (Å²) < 4.78 is 16.7. The Bertz CT molecular complexity index is 687. The van der Waals surface area contributed by atoms with E-state index in [9.17, 15) is 4.79 Å². The molecule has 5 nitrogen and oxygen atoms in total. The molecule has 1 saturated heterocycles. The number of nitrogens with zero attached hydrogens (tertiary/aromatic N) is 1. The standard InChI is InChI=1S/C16H17NO4S2/c1-3-4-5-17-15(18)13(23-16(17)22)8-10-6-11(19-2)14-12(7-10)20-9-21-14/h6-8H,3-5,9H2,1-2H3/b13-8-. The zero-order valence-electron chi connectivity index (χ0n) is 13.0. The molecule has 0 saturated carbocycles. The molecule has 1 fully saturated rings. The van der Waals surface area contributed by atoms with Crippen molar-refractivity contribution in [1.82, 2.24) is 4.90 Å². The summed E-state index contributed by atoms with van der Waals surface area (Å²) in [5.41, 5.74) is 0.821. The minimum absolute atomic E-state index is 0.0370. The molecule has 1 amide bonds. The van der Waals surface area contributed by atoms with Gasteiger partial charge in [-0.3, -0.25) is 9.69 Å². The number of ether oxygens (including phenoxy) is 3. The van der Waals surface area contributed by atoms with E-state index in [1.165, 1.54) is 11.8 Å². The van der Waals surface area contributed by atoms with Gasteiger partial charge in [0.25, 0.3) is 5.91 Å². The fourth-order valence-corrected chi connectivity index (χ4v) is 3.70. The SMILES string of the molecule is CCCCN1C(=O)/C(=C/c2cc(OC)c3c(c2)OCO3)SC1=S. The van der Waals surface area contributed by atoms with Gasteiger partial charge in [0.05, 0.1) is 12.0 Å². The Morgan fingerprint density at radius 1 is 1.43 bits per heavy atom. The van der Waals surface area contributed by atoms with Crippen molar-refractivity contribution in [2.75, 3.05) is 20.4 Å². The van der Waals surface area contributed by atoms with Crippen LogP contribution in [0.5, 0.6) is 17.2 Å². The summed E-state index contributed by atoms with van der Waals surface area (Å²) in [7, 11) is 1.57. The number of carbonyl (C=O) groups excluding carboxylic acids is 1. The number of carbonyl (C=O) groups is 1. The lowest BCUT2D eigenvalue weighted by molar-refractivity contribution is -0.122. The van der Waals surface area contributed by atoms with Gasteiger partial charge in [-0.05, 0) is 30.2 Å². The van der Waals surface area contributed by atoms with Crippen molar-refractivity contribution in [2.24, 2.45) is 0 Å². The number of amides is 1. The Hall–Kier alpha value is -1.73. The zero-order valence-corrected chi connectivity index (χ0v) is 14.6. The van der Waals surface area contributed by atoms with Crippen LogP contribution in [0.15, 0.2) is 17.0 Å². The number of fused-ring (bicyclic) bond motifs is 1. The predicted molar refractivity (Wildman–Crippen MR) is 93.9 cm³/mol. The van der Waals surface area contributed by atoms with Crippen LogP contribution in [0.1, 0.15) is 25.3 Å². The highest BCUT2D eigenvalue weighted by molar-refractivity contribution is 8.26. The Morgan fingerprint density at radius 2 is 2.26 bits per heavy atom. The van der Waals surface area contributed by atoms with Crippen LogP contribution in [-0.4, -0.2) is 35.6 Å².